The van der Waals surface area contributed by atoms with Crippen LogP contribution in [0.4, 0.5) is 0 Å². The van der Waals surface area contributed by atoms with E-state index in [-0.39, 0.29) is 5.41 Å². The lowest BCUT2D eigenvalue weighted by Crippen LogP contribution is -2.37. The van der Waals surface area contributed by atoms with E-state index in [1.165, 1.54) is 29.4 Å². The number of nitrogens with zero attached hydrogens (tertiary/aromatic N) is 2. The molecule has 3 nitrogen and oxygen atoms in total. The highest BCUT2D eigenvalue weighted by molar-refractivity contribution is 5.81. The normalized spacial score (nSPS) is 14.8. The highest BCUT2D eigenvalue weighted by atomic mass is 15.3. The van der Waals surface area contributed by atoms with Crippen molar-refractivity contribution in [1.82, 2.24) is 15.1 Å². The lowest BCUT2D eigenvalue weighted by Gasteiger charge is -2.30. The van der Waals surface area contributed by atoms with Gasteiger partial charge >= 0.3 is 0 Å². The quantitative estimate of drug-likeness (QED) is 0.836. The Hall–Kier alpha value is -1.35. The molecule has 0 saturated carbocycles. The smallest absolute Gasteiger partial charge is 0.0709 e. The molecule has 3 heteroatoms. The zero-order chi connectivity index (χ0) is 15.5. The minimum Gasteiger partial charge on any atom is -0.314 e. The van der Waals surface area contributed by atoms with Crippen molar-refractivity contribution in [2.45, 2.75) is 53.0 Å². The van der Waals surface area contributed by atoms with Crippen molar-refractivity contribution in [3.63, 3.8) is 0 Å². The summed E-state index contributed by atoms with van der Waals surface area (Å²) in [7, 11) is 2.04. The maximum Gasteiger partial charge on any atom is 0.0709 e. The van der Waals surface area contributed by atoms with Crippen LogP contribution in [0, 0.1) is 5.41 Å². The van der Waals surface area contributed by atoms with E-state index in [1.807, 2.05) is 11.7 Å². The highest BCUT2D eigenvalue weighted by Gasteiger charge is 2.26. The van der Waals surface area contributed by atoms with Crippen LogP contribution < -0.4 is 5.32 Å². The van der Waals surface area contributed by atoms with Crippen LogP contribution in [0.15, 0.2) is 24.3 Å². The minimum atomic E-state index is 0.260. The summed E-state index contributed by atoms with van der Waals surface area (Å²) in [6, 6.07) is 9.06. The highest BCUT2D eigenvalue weighted by Crippen LogP contribution is 2.30. The third-order valence-electron chi connectivity index (χ3n) is 4.22. The molecular weight excluding hydrogens is 258 g/mol. The molecular formula is C18H29N3. The van der Waals surface area contributed by atoms with Gasteiger partial charge in [-0.05, 0) is 24.3 Å². The molecule has 0 aliphatic heterocycles. The van der Waals surface area contributed by atoms with Gasteiger partial charge in [-0.25, -0.2) is 0 Å². The van der Waals surface area contributed by atoms with Crippen molar-refractivity contribution < 1.29 is 0 Å². The van der Waals surface area contributed by atoms with Crippen molar-refractivity contribution in [3.8, 4) is 0 Å². The van der Waals surface area contributed by atoms with Crippen molar-refractivity contribution in [2.24, 2.45) is 12.5 Å². The average Bonchev–Trinajstić information content (AvgIpc) is 2.74. The lowest BCUT2D eigenvalue weighted by atomic mass is 9.80. The first kappa shape index (κ1) is 16.0. The van der Waals surface area contributed by atoms with E-state index < -0.39 is 0 Å². The molecule has 0 fully saturated rings. The minimum absolute atomic E-state index is 0.260. The molecule has 1 unspecified atom stereocenters. The van der Waals surface area contributed by atoms with Crippen molar-refractivity contribution in [3.05, 3.63) is 30.0 Å². The first-order valence-corrected chi connectivity index (χ1v) is 8.09. The van der Waals surface area contributed by atoms with Gasteiger partial charge in [0.2, 0.25) is 0 Å². The predicted molar refractivity (Wildman–Crippen MR) is 90.6 cm³/mol. The first-order chi connectivity index (χ1) is 9.95. The topological polar surface area (TPSA) is 29.9 Å². The van der Waals surface area contributed by atoms with Crippen LogP contribution in [-0.2, 0) is 13.5 Å². The van der Waals surface area contributed by atoms with E-state index in [4.69, 9.17) is 5.10 Å². The standard InChI is InChI=1S/C18H29N3/c1-6-11-18(4,13-19-14(2)3)12-16-15-9-7-8-10-17(15)21(5)20-16/h7-10,14,19H,6,11-13H2,1-5H3. The number of hydrogen-bond donors (Lipinski definition) is 1. The molecule has 0 aliphatic rings. The summed E-state index contributed by atoms with van der Waals surface area (Å²) < 4.78 is 2.01. The fourth-order valence-electron chi connectivity index (χ4n) is 3.12. The number of hydrogen-bond acceptors (Lipinski definition) is 2. The molecule has 116 valence electrons. The molecule has 0 amide bonds. The Labute approximate surface area is 128 Å². The van der Waals surface area contributed by atoms with Gasteiger partial charge in [-0.3, -0.25) is 4.68 Å². The van der Waals surface area contributed by atoms with Crippen LogP contribution >= 0.6 is 0 Å². The molecule has 1 aromatic heterocycles. The maximum atomic E-state index is 4.77. The van der Waals surface area contributed by atoms with Crippen molar-refractivity contribution >= 4 is 10.9 Å². The number of aromatic nitrogens is 2. The van der Waals surface area contributed by atoms with Crippen molar-refractivity contribution in [2.75, 3.05) is 6.54 Å². The summed E-state index contributed by atoms with van der Waals surface area (Å²) >= 11 is 0. The Morgan fingerprint density at radius 1 is 1.29 bits per heavy atom. The number of aryl methyl sites for hydroxylation is 1. The average molecular weight is 287 g/mol. The van der Waals surface area contributed by atoms with Crippen LogP contribution in [0.25, 0.3) is 10.9 Å². The zero-order valence-corrected chi connectivity index (χ0v) is 14.1. The Bertz CT molecular complexity index is 585. The number of para-hydroxylation sites is 1. The van der Waals surface area contributed by atoms with E-state index in [0.717, 1.165) is 13.0 Å². The largest absolute Gasteiger partial charge is 0.314 e. The summed E-state index contributed by atoms with van der Waals surface area (Å²) in [4.78, 5) is 0. The van der Waals surface area contributed by atoms with Gasteiger partial charge in [0.15, 0.2) is 0 Å². The maximum absolute atomic E-state index is 4.77. The summed E-state index contributed by atoms with van der Waals surface area (Å²) in [5.74, 6) is 0. The van der Waals surface area contributed by atoms with Gasteiger partial charge in [0, 0.05) is 25.0 Å². The molecule has 0 radical (unpaired) electrons. The molecule has 0 saturated heterocycles. The fraction of sp³-hybridized carbons (Fsp3) is 0.611. The Kier molecular flexibility index (Phi) is 5.04. The number of nitrogens with one attached hydrogen (secondary N) is 1. The molecule has 1 N–H and O–H groups in total. The second kappa shape index (κ2) is 6.61. The summed E-state index contributed by atoms with van der Waals surface area (Å²) in [5, 5.41) is 9.68. The Morgan fingerprint density at radius 2 is 2.00 bits per heavy atom. The first-order valence-electron chi connectivity index (χ1n) is 8.09. The van der Waals surface area contributed by atoms with Crippen LogP contribution in [0.2, 0.25) is 0 Å². The Morgan fingerprint density at radius 3 is 2.67 bits per heavy atom. The zero-order valence-electron chi connectivity index (χ0n) is 14.1. The van der Waals surface area contributed by atoms with E-state index >= 15 is 0 Å². The number of fused-ring (bicyclic) bond motifs is 1. The molecule has 21 heavy (non-hydrogen) atoms. The monoisotopic (exact) mass is 287 g/mol. The Balaban J connectivity index is 2.26. The summed E-state index contributed by atoms with van der Waals surface area (Å²) in [6.07, 6.45) is 3.46. The molecule has 1 atom stereocenters. The van der Waals surface area contributed by atoms with Gasteiger partial charge in [-0.2, -0.15) is 5.10 Å². The molecule has 0 spiro atoms. The molecule has 1 aromatic carbocycles. The summed E-state index contributed by atoms with van der Waals surface area (Å²) in [6.45, 7) is 10.1. The fourth-order valence-corrected chi connectivity index (χ4v) is 3.12. The lowest BCUT2D eigenvalue weighted by molar-refractivity contribution is 0.265. The van der Waals surface area contributed by atoms with E-state index in [2.05, 4.69) is 57.3 Å². The number of benzene rings is 1. The van der Waals surface area contributed by atoms with Crippen LogP contribution in [-0.4, -0.2) is 22.4 Å². The van der Waals surface area contributed by atoms with Gasteiger partial charge in [0.25, 0.3) is 0 Å². The van der Waals surface area contributed by atoms with E-state index in [1.54, 1.807) is 0 Å². The van der Waals surface area contributed by atoms with E-state index in [0.29, 0.717) is 6.04 Å². The second-order valence-electron chi connectivity index (χ2n) is 6.86. The summed E-state index contributed by atoms with van der Waals surface area (Å²) in [5.41, 5.74) is 2.72. The van der Waals surface area contributed by atoms with Gasteiger partial charge in [-0.15, -0.1) is 0 Å². The van der Waals surface area contributed by atoms with Crippen LogP contribution in [0.5, 0.6) is 0 Å². The molecule has 0 bridgehead atoms. The second-order valence-corrected chi connectivity index (χ2v) is 6.86. The predicted octanol–water partition coefficient (Wildman–Crippen LogP) is 3.92. The van der Waals surface area contributed by atoms with Crippen LogP contribution in [0.1, 0.15) is 46.2 Å². The van der Waals surface area contributed by atoms with Gasteiger partial charge in [0.1, 0.15) is 0 Å². The van der Waals surface area contributed by atoms with E-state index in [9.17, 15) is 0 Å². The molecule has 2 rings (SSSR count). The third kappa shape index (κ3) is 3.85. The van der Waals surface area contributed by atoms with Gasteiger partial charge in [0.05, 0.1) is 11.2 Å². The third-order valence-corrected chi connectivity index (χ3v) is 4.22. The van der Waals surface area contributed by atoms with Crippen molar-refractivity contribution in [1.29, 1.82) is 0 Å². The molecule has 2 aromatic rings. The molecule has 1 heterocycles. The van der Waals surface area contributed by atoms with Gasteiger partial charge < -0.3 is 5.32 Å². The van der Waals surface area contributed by atoms with Gasteiger partial charge in [-0.1, -0.05) is 52.3 Å². The van der Waals surface area contributed by atoms with Crippen LogP contribution in [0.3, 0.4) is 0 Å². The SMILES string of the molecule is CCCC(C)(CNC(C)C)Cc1nn(C)c2ccccc12. The number of rotatable bonds is 7. The molecule has 0 aliphatic carbocycles.